The maximum absolute atomic E-state index is 9.43. The van der Waals surface area contributed by atoms with Crippen molar-refractivity contribution in [3.05, 3.63) is 40.9 Å². The van der Waals surface area contributed by atoms with Crippen LogP contribution in [0.4, 0.5) is 0 Å². The molecule has 0 bridgehead atoms. The molecule has 0 aliphatic heterocycles. The molecule has 162 valence electrons. The molecule has 3 N–H and O–H groups in total. The van der Waals surface area contributed by atoms with E-state index in [4.69, 9.17) is 9.98 Å². The first kappa shape index (κ1) is 25.8. The fourth-order valence-corrected chi connectivity index (χ4v) is 4.21. The lowest BCUT2D eigenvalue weighted by atomic mass is 9.79. The smallest absolute Gasteiger partial charge is 0.191 e. The van der Waals surface area contributed by atoms with E-state index in [0.717, 1.165) is 54.6 Å². The van der Waals surface area contributed by atoms with E-state index in [9.17, 15) is 5.11 Å². The van der Waals surface area contributed by atoms with Gasteiger partial charge in [0, 0.05) is 30.1 Å². The van der Waals surface area contributed by atoms with Crippen molar-refractivity contribution in [1.82, 2.24) is 15.6 Å². The van der Waals surface area contributed by atoms with Crippen LogP contribution in [0.25, 0.3) is 10.6 Å². The first-order valence-corrected chi connectivity index (χ1v) is 11.0. The van der Waals surface area contributed by atoms with Crippen molar-refractivity contribution in [2.45, 2.75) is 53.5 Å². The zero-order valence-corrected chi connectivity index (χ0v) is 21.1. The summed E-state index contributed by atoms with van der Waals surface area (Å²) in [5, 5.41) is 17.3. The number of hydrogen-bond acceptors (Lipinski definition) is 4. The van der Waals surface area contributed by atoms with Gasteiger partial charge in [0.15, 0.2) is 5.96 Å². The van der Waals surface area contributed by atoms with Crippen LogP contribution < -0.4 is 10.6 Å². The predicted octanol–water partition coefficient (Wildman–Crippen LogP) is 4.98. The largest absolute Gasteiger partial charge is 0.396 e. The molecule has 2 aromatic rings. The molecule has 5 nitrogen and oxygen atoms in total. The second kappa shape index (κ2) is 13.2. The van der Waals surface area contributed by atoms with E-state index in [-0.39, 0.29) is 36.0 Å². The molecule has 29 heavy (non-hydrogen) atoms. The summed E-state index contributed by atoms with van der Waals surface area (Å²) in [6.07, 6.45) is 2.87. The standard InChI is InChI=1S/C22H34N4OS.HI/c1-5-22(6-2,13-14-27)16-25-21(23-7-3)24-15-19-17(4)26-20(28-19)18-11-9-8-10-12-18;/h8-12,27H,5-7,13-16H2,1-4H3,(H2,23,24,25);1H. The zero-order valence-electron chi connectivity index (χ0n) is 18.0. The van der Waals surface area contributed by atoms with E-state index in [1.54, 1.807) is 11.3 Å². The second-order valence-corrected chi connectivity index (χ2v) is 8.21. The number of halogens is 1. The molecule has 1 heterocycles. The Hall–Kier alpha value is -1.19. The first-order chi connectivity index (χ1) is 13.6. The topological polar surface area (TPSA) is 69.5 Å². The van der Waals surface area contributed by atoms with Crippen molar-refractivity contribution in [3.8, 4) is 10.6 Å². The molecular formula is C22H35IN4OS. The Kier molecular flexibility index (Phi) is 11.7. The Balaban J connectivity index is 0.00000420. The summed E-state index contributed by atoms with van der Waals surface area (Å²) in [5.41, 5.74) is 2.29. The van der Waals surface area contributed by atoms with E-state index in [1.165, 1.54) is 4.88 Å². The Morgan fingerprint density at radius 1 is 1.14 bits per heavy atom. The van der Waals surface area contributed by atoms with Gasteiger partial charge < -0.3 is 15.7 Å². The zero-order chi connectivity index (χ0) is 20.4. The molecular weight excluding hydrogens is 495 g/mol. The molecule has 0 spiro atoms. The Morgan fingerprint density at radius 2 is 1.83 bits per heavy atom. The van der Waals surface area contributed by atoms with Gasteiger partial charge >= 0.3 is 0 Å². The molecule has 0 amide bonds. The highest BCUT2D eigenvalue weighted by atomic mass is 127. The number of aryl methyl sites for hydroxylation is 1. The maximum Gasteiger partial charge on any atom is 0.191 e. The number of guanidine groups is 1. The van der Waals surface area contributed by atoms with Crippen molar-refractivity contribution >= 4 is 41.3 Å². The summed E-state index contributed by atoms with van der Waals surface area (Å²) in [6, 6.07) is 10.3. The van der Waals surface area contributed by atoms with Gasteiger partial charge in [0.25, 0.3) is 0 Å². The van der Waals surface area contributed by atoms with Crippen molar-refractivity contribution in [2.75, 3.05) is 19.7 Å². The second-order valence-electron chi connectivity index (χ2n) is 7.12. The highest BCUT2D eigenvalue weighted by molar-refractivity contribution is 14.0. The maximum atomic E-state index is 9.43. The molecule has 2 rings (SSSR count). The van der Waals surface area contributed by atoms with Crippen LogP contribution in [-0.4, -0.2) is 35.7 Å². The number of aliphatic hydroxyl groups is 1. The van der Waals surface area contributed by atoms with Gasteiger partial charge in [0.2, 0.25) is 0 Å². The molecule has 0 atom stereocenters. The normalized spacial score (nSPS) is 11.8. The van der Waals surface area contributed by atoms with E-state index < -0.39 is 0 Å². The number of aliphatic hydroxyl groups excluding tert-OH is 1. The summed E-state index contributed by atoms with van der Waals surface area (Å²) in [6.45, 7) is 11.0. The monoisotopic (exact) mass is 530 g/mol. The Bertz CT molecular complexity index is 745. The third-order valence-corrected chi connectivity index (χ3v) is 6.60. The average molecular weight is 531 g/mol. The highest BCUT2D eigenvalue weighted by Crippen LogP contribution is 2.30. The van der Waals surface area contributed by atoms with Crippen LogP contribution in [0, 0.1) is 12.3 Å². The van der Waals surface area contributed by atoms with Gasteiger partial charge in [0.05, 0.1) is 12.2 Å². The number of aromatic nitrogens is 1. The third-order valence-electron chi connectivity index (χ3n) is 5.41. The summed E-state index contributed by atoms with van der Waals surface area (Å²) in [4.78, 5) is 10.7. The van der Waals surface area contributed by atoms with Crippen molar-refractivity contribution in [1.29, 1.82) is 0 Å². The lowest BCUT2D eigenvalue weighted by Gasteiger charge is -2.32. The SMILES string of the molecule is CCNC(=NCc1sc(-c2ccccc2)nc1C)NCC(CC)(CC)CCO.I. The van der Waals surface area contributed by atoms with E-state index in [2.05, 4.69) is 50.5 Å². The number of benzene rings is 1. The third kappa shape index (κ3) is 7.53. The van der Waals surface area contributed by atoms with Crippen LogP contribution in [0.15, 0.2) is 35.3 Å². The van der Waals surface area contributed by atoms with Gasteiger partial charge in [-0.05, 0) is 38.5 Å². The Morgan fingerprint density at radius 3 is 2.41 bits per heavy atom. The number of thiazole rings is 1. The molecule has 1 aromatic heterocycles. The van der Waals surface area contributed by atoms with Gasteiger partial charge in [-0.2, -0.15) is 0 Å². The summed E-state index contributed by atoms with van der Waals surface area (Å²) >= 11 is 1.71. The number of rotatable bonds is 10. The summed E-state index contributed by atoms with van der Waals surface area (Å²) < 4.78 is 0. The van der Waals surface area contributed by atoms with Gasteiger partial charge in [-0.15, -0.1) is 35.3 Å². The number of nitrogens with one attached hydrogen (secondary N) is 2. The van der Waals surface area contributed by atoms with Crippen LogP contribution in [-0.2, 0) is 6.54 Å². The molecule has 0 aliphatic rings. The van der Waals surface area contributed by atoms with Crippen LogP contribution in [0.1, 0.15) is 50.6 Å². The van der Waals surface area contributed by atoms with Gasteiger partial charge in [-0.1, -0.05) is 44.2 Å². The first-order valence-electron chi connectivity index (χ1n) is 10.2. The van der Waals surface area contributed by atoms with Crippen LogP contribution in [0.2, 0.25) is 0 Å². The van der Waals surface area contributed by atoms with Gasteiger partial charge in [-0.25, -0.2) is 9.98 Å². The molecule has 0 saturated carbocycles. The fraction of sp³-hybridized carbons (Fsp3) is 0.545. The van der Waals surface area contributed by atoms with Gasteiger partial charge in [-0.3, -0.25) is 0 Å². The fourth-order valence-electron chi connectivity index (χ4n) is 3.22. The average Bonchev–Trinajstić information content (AvgIpc) is 3.10. The molecule has 0 fully saturated rings. The lowest BCUT2D eigenvalue weighted by Crippen LogP contribution is -2.43. The van der Waals surface area contributed by atoms with E-state index >= 15 is 0 Å². The van der Waals surface area contributed by atoms with Crippen molar-refractivity contribution in [2.24, 2.45) is 10.4 Å². The minimum atomic E-state index is 0. The molecule has 0 saturated heterocycles. The van der Waals surface area contributed by atoms with Crippen molar-refractivity contribution < 1.29 is 5.11 Å². The Labute approximate surface area is 196 Å². The molecule has 1 aromatic carbocycles. The minimum absolute atomic E-state index is 0. The number of aliphatic imine (C=N–C) groups is 1. The van der Waals surface area contributed by atoms with E-state index in [1.807, 2.05) is 18.2 Å². The predicted molar refractivity (Wildman–Crippen MR) is 135 cm³/mol. The quantitative estimate of drug-likeness (QED) is 0.230. The minimum Gasteiger partial charge on any atom is -0.396 e. The van der Waals surface area contributed by atoms with Crippen LogP contribution >= 0.6 is 35.3 Å². The number of hydrogen-bond donors (Lipinski definition) is 3. The summed E-state index contributed by atoms with van der Waals surface area (Å²) in [5.74, 6) is 0.820. The molecule has 7 heteroatoms. The number of nitrogens with zero attached hydrogens (tertiary/aromatic N) is 2. The van der Waals surface area contributed by atoms with Crippen molar-refractivity contribution in [3.63, 3.8) is 0 Å². The summed E-state index contributed by atoms with van der Waals surface area (Å²) in [7, 11) is 0. The lowest BCUT2D eigenvalue weighted by molar-refractivity contribution is 0.169. The molecule has 0 radical (unpaired) electrons. The van der Waals surface area contributed by atoms with Gasteiger partial charge in [0.1, 0.15) is 5.01 Å². The van der Waals surface area contributed by atoms with E-state index in [0.29, 0.717) is 6.54 Å². The molecule has 0 unspecified atom stereocenters. The highest BCUT2D eigenvalue weighted by Gasteiger charge is 2.25. The van der Waals surface area contributed by atoms with Crippen LogP contribution in [0.3, 0.4) is 0 Å². The molecule has 0 aliphatic carbocycles. The van der Waals surface area contributed by atoms with Crippen LogP contribution in [0.5, 0.6) is 0 Å².